The van der Waals surface area contributed by atoms with Crippen LogP contribution in [0.1, 0.15) is 0 Å². The Balaban J connectivity index is 3.06. The van der Waals surface area contributed by atoms with Crippen LogP contribution in [0.25, 0.3) is 9.84 Å². The summed E-state index contributed by atoms with van der Waals surface area (Å²) in [7, 11) is 0. The molecule has 2 heteroatoms. The van der Waals surface area contributed by atoms with Gasteiger partial charge in [-0.2, -0.15) is 0 Å². The Kier molecular flexibility index (Phi) is 0.833. The van der Waals surface area contributed by atoms with Crippen molar-refractivity contribution in [2.75, 3.05) is 0 Å². The first-order chi connectivity index (χ1) is 3.97. The van der Waals surface area contributed by atoms with Crippen LogP contribution in [0, 0.1) is 0 Å². The van der Waals surface area contributed by atoms with Crippen molar-refractivity contribution >= 4 is 24.3 Å². The van der Waals surface area contributed by atoms with Crippen LogP contribution in [-0.4, -0.2) is 14.5 Å². The molecule has 0 bridgehead atoms. The summed E-state index contributed by atoms with van der Waals surface area (Å²) in [5.41, 5.74) is 1.06. The normalized spacial score (nSPS) is 10.5. The molecule has 0 amide bonds. The molecule has 2 aromatic heterocycles. The van der Waals surface area contributed by atoms with E-state index in [0.29, 0.717) is 14.5 Å². The predicted octanol–water partition coefficient (Wildman–Crippen LogP) is 1.49. The van der Waals surface area contributed by atoms with Gasteiger partial charge in [0.15, 0.2) is 0 Å². The monoisotopic (exact) mass is 172 g/mol. The molecule has 0 aliphatic carbocycles. The van der Waals surface area contributed by atoms with E-state index in [4.69, 9.17) is 4.42 Å². The summed E-state index contributed by atoms with van der Waals surface area (Å²) in [5, 5.41) is 0. The predicted molar refractivity (Wildman–Crippen MR) is 33.2 cm³/mol. The molecule has 0 spiro atoms. The zero-order valence-electron chi connectivity index (χ0n) is 4.13. The maximum absolute atomic E-state index is 5.10. The third-order valence-corrected chi connectivity index (χ3v) is 2.88. The molecule has 0 saturated heterocycles. The second-order valence-corrected chi connectivity index (χ2v) is 3.56. The van der Waals surface area contributed by atoms with Gasteiger partial charge in [0, 0.05) is 0 Å². The summed E-state index contributed by atoms with van der Waals surface area (Å²) >= 11 is 0.558. The Bertz CT molecular complexity index is 230. The van der Waals surface area contributed by atoms with Crippen molar-refractivity contribution in [3.63, 3.8) is 0 Å². The Labute approximate surface area is 52.7 Å². The van der Waals surface area contributed by atoms with Gasteiger partial charge in [0.25, 0.3) is 0 Å². The molecule has 0 radical (unpaired) electrons. The van der Waals surface area contributed by atoms with Gasteiger partial charge in [-0.1, -0.05) is 0 Å². The van der Waals surface area contributed by atoms with Crippen molar-refractivity contribution in [2.45, 2.75) is 0 Å². The molecule has 0 unspecified atom stereocenters. The van der Waals surface area contributed by atoms with E-state index in [0.717, 1.165) is 5.58 Å². The molecule has 40 valence electrons. The van der Waals surface area contributed by atoms with Crippen LogP contribution >= 0.6 is 0 Å². The Hall–Kier alpha value is -0.461. The molecule has 8 heavy (non-hydrogen) atoms. The van der Waals surface area contributed by atoms with Crippen LogP contribution in [0.5, 0.6) is 0 Å². The molecule has 0 saturated carbocycles. The van der Waals surface area contributed by atoms with Crippen molar-refractivity contribution in [1.82, 2.24) is 0 Å². The molecule has 1 nitrogen and oxygen atoms in total. The van der Waals surface area contributed by atoms with E-state index in [1.165, 1.54) is 4.26 Å². The van der Waals surface area contributed by atoms with Crippen molar-refractivity contribution in [3.05, 3.63) is 23.3 Å². The molecule has 0 atom stereocenters. The molecule has 0 N–H and O–H groups in total. The summed E-state index contributed by atoms with van der Waals surface area (Å²) in [5.74, 6) is 0. The van der Waals surface area contributed by atoms with Crippen molar-refractivity contribution in [1.29, 1.82) is 0 Å². The van der Waals surface area contributed by atoms with Gasteiger partial charge in [-0.25, -0.2) is 0 Å². The van der Waals surface area contributed by atoms with E-state index >= 15 is 0 Å². The van der Waals surface area contributed by atoms with E-state index < -0.39 is 0 Å². The van der Waals surface area contributed by atoms with Crippen LogP contribution in [0.3, 0.4) is 0 Å². The van der Waals surface area contributed by atoms with E-state index in [2.05, 4.69) is 4.94 Å². The van der Waals surface area contributed by atoms with Gasteiger partial charge in [0.1, 0.15) is 0 Å². The van der Waals surface area contributed by atoms with Gasteiger partial charge in [0.2, 0.25) is 0 Å². The average Bonchev–Trinajstić information content (AvgIpc) is 2.15. The van der Waals surface area contributed by atoms with Crippen LogP contribution in [-0.2, 0) is 0 Å². The topological polar surface area (TPSA) is 13.1 Å². The van der Waals surface area contributed by atoms with Crippen LogP contribution < -0.4 is 0 Å². The molecule has 2 aromatic rings. The van der Waals surface area contributed by atoms with Gasteiger partial charge in [-0.3, -0.25) is 0 Å². The Morgan fingerprint density at radius 3 is 3.25 bits per heavy atom. The quantitative estimate of drug-likeness (QED) is 0.547. The fourth-order valence-corrected chi connectivity index (χ4v) is 2.18. The number of rotatable bonds is 0. The fraction of sp³-hybridized carbons (Fsp3) is 0. The summed E-state index contributed by atoms with van der Waals surface area (Å²) < 4.78 is 6.48. The second kappa shape index (κ2) is 1.51. The maximum atomic E-state index is 5.10. The second-order valence-electron chi connectivity index (χ2n) is 1.57. The van der Waals surface area contributed by atoms with Gasteiger partial charge < -0.3 is 0 Å². The number of furan rings is 1. The minimum atomic E-state index is 0.558. The molecule has 2 rings (SSSR count). The minimum absolute atomic E-state index is 0.558. The SMILES string of the molecule is c1cc2[se]ccc2o1. The number of fused-ring (bicyclic) bond motifs is 1. The van der Waals surface area contributed by atoms with Crippen molar-refractivity contribution in [3.8, 4) is 0 Å². The van der Waals surface area contributed by atoms with Crippen LogP contribution in [0.2, 0.25) is 0 Å². The molecular formula is C6H4OSe. The van der Waals surface area contributed by atoms with E-state index in [1.54, 1.807) is 6.26 Å². The first-order valence-electron chi connectivity index (χ1n) is 2.37. The summed E-state index contributed by atoms with van der Waals surface area (Å²) in [6.07, 6.45) is 1.75. The third-order valence-electron chi connectivity index (χ3n) is 1.07. The van der Waals surface area contributed by atoms with Crippen molar-refractivity contribution < 1.29 is 4.42 Å². The van der Waals surface area contributed by atoms with E-state index in [-0.39, 0.29) is 0 Å². The molecule has 0 fully saturated rings. The van der Waals surface area contributed by atoms with Crippen molar-refractivity contribution in [2.24, 2.45) is 0 Å². The third kappa shape index (κ3) is 0.473. The van der Waals surface area contributed by atoms with Gasteiger partial charge in [-0.15, -0.1) is 0 Å². The Morgan fingerprint density at radius 1 is 1.38 bits per heavy atom. The van der Waals surface area contributed by atoms with Crippen LogP contribution in [0.15, 0.2) is 27.8 Å². The first-order valence-corrected chi connectivity index (χ1v) is 4.22. The molecular weight excluding hydrogens is 167 g/mol. The molecule has 0 aromatic carbocycles. The van der Waals surface area contributed by atoms with Gasteiger partial charge in [0.05, 0.1) is 0 Å². The van der Waals surface area contributed by atoms with Gasteiger partial charge in [-0.05, 0) is 0 Å². The molecule has 2 heterocycles. The standard InChI is InChI=1S/C6H4OSe/c1-3-7-5-2-4-8-6(1)5/h1-4H. The zero-order valence-corrected chi connectivity index (χ0v) is 5.84. The van der Waals surface area contributed by atoms with E-state index in [1.807, 2.05) is 12.1 Å². The summed E-state index contributed by atoms with van der Waals surface area (Å²) in [6, 6.07) is 4.07. The van der Waals surface area contributed by atoms with Gasteiger partial charge >= 0.3 is 52.1 Å². The van der Waals surface area contributed by atoms with E-state index in [9.17, 15) is 0 Å². The summed E-state index contributed by atoms with van der Waals surface area (Å²) in [4.78, 5) is 2.17. The molecule has 0 aliphatic rings. The number of hydrogen-bond donors (Lipinski definition) is 0. The Morgan fingerprint density at radius 2 is 2.38 bits per heavy atom. The molecule has 0 aliphatic heterocycles. The average molecular weight is 171 g/mol. The van der Waals surface area contributed by atoms with Crippen LogP contribution in [0.4, 0.5) is 0 Å². The fourth-order valence-electron chi connectivity index (χ4n) is 0.697. The number of hydrogen-bond acceptors (Lipinski definition) is 1. The summed E-state index contributed by atoms with van der Waals surface area (Å²) in [6.45, 7) is 0. The first kappa shape index (κ1) is 4.42. The zero-order chi connectivity index (χ0) is 5.40.